The number of likely N-dealkylation sites (tertiary alicyclic amines) is 1. The molecule has 0 radical (unpaired) electrons. The van der Waals surface area contributed by atoms with Gasteiger partial charge in [0.2, 0.25) is 10.0 Å². The Morgan fingerprint density at radius 2 is 1.68 bits per heavy atom. The standard InChI is InChI=1S/C18H23N3O6S/c1-18(2,3)27-17(24)20-10-12(11-20)19-28(25,26)9-8-21-15(22)13-6-4-5-7-14(13)16(21)23/h4-7,12,19H,8-11H2,1-3H3. The fourth-order valence-electron chi connectivity index (χ4n) is 3.00. The van der Waals surface area contributed by atoms with Crippen LogP contribution in [0.4, 0.5) is 4.79 Å². The maximum Gasteiger partial charge on any atom is 0.410 e. The van der Waals surface area contributed by atoms with Gasteiger partial charge in [-0.2, -0.15) is 0 Å². The van der Waals surface area contributed by atoms with Crippen LogP contribution in [0.1, 0.15) is 41.5 Å². The summed E-state index contributed by atoms with van der Waals surface area (Å²) in [7, 11) is -3.72. The van der Waals surface area contributed by atoms with Gasteiger partial charge in [0.05, 0.1) is 22.9 Å². The summed E-state index contributed by atoms with van der Waals surface area (Å²) in [5.41, 5.74) is -0.0525. The molecule has 0 bridgehead atoms. The largest absolute Gasteiger partial charge is 0.444 e. The molecule has 0 aliphatic carbocycles. The van der Waals surface area contributed by atoms with Crippen LogP contribution in [0.25, 0.3) is 0 Å². The van der Waals surface area contributed by atoms with Crippen molar-refractivity contribution >= 4 is 27.9 Å². The zero-order valence-electron chi connectivity index (χ0n) is 16.0. The van der Waals surface area contributed by atoms with Gasteiger partial charge >= 0.3 is 6.09 Å². The number of fused-ring (bicyclic) bond motifs is 1. The zero-order valence-corrected chi connectivity index (χ0v) is 16.8. The summed E-state index contributed by atoms with van der Waals surface area (Å²) in [6, 6.07) is 5.97. The van der Waals surface area contributed by atoms with Gasteiger partial charge in [0, 0.05) is 19.6 Å². The lowest BCUT2D eigenvalue weighted by atomic mass is 10.1. The van der Waals surface area contributed by atoms with E-state index >= 15 is 0 Å². The quantitative estimate of drug-likeness (QED) is 0.721. The van der Waals surface area contributed by atoms with Gasteiger partial charge in [-0.15, -0.1) is 0 Å². The van der Waals surface area contributed by atoms with Gasteiger partial charge in [0.15, 0.2) is 0 Å². The van der Waals surface area contributed by atoms with E-state index in [1.807, 2.05) is 0 Å². The van der Waals surface area contributed by atoms with Crippen molar-refractivity contribution in [3.63, 3.8) is 0 Å². The number of carbonyl (C=O) groups excluding carboxylic acids is 3. The summed E-state index contributed by atoms with van der Waals surface area (Å²) in [5, 5.41) is 0. The molecule has 0 atom stereocenters. The highest BCUT2D eigenvalue weighted by Crippen LogP contribution is 2.22. The molecule has 1 aromatic rings. The monoisotopic (exact) mass is 409 g/mol. The highest BCUT2D eigenvalue weighted by molar-refractivity contribution is 7.89. The second-order valence-electron chi connectivity index (χ2n) is 7.83. The molecule has 1 saturated heterocycles. The maximum absolute atomic E-state index is 12.3. The van der Waals surface area contributed by atoms with Crippen LogP contribution in [0.5, 0.6) is 0 Å². The molecular weight excluding hydrogens is 386 g/mol. The fraction of sp³-hybridized carbons (Fsp3) is 0.500. The van der Waals surface area contributed by atoms with Crippen molar-refractivity contribution in [3.8, 4) is 0 Å². The van der Waals surface area contributed by atoms with Crippen LogP contribution in [-0.2, 0) is 14.8 Å². The van der Waals surface area contributed by atoms with Crippen molar-refractivity contribution in [3.05, 3.63) is 35.4 Å². The molecule has 2 aliphatic heterocycles. The molecule has 1 aromatic carbocycles. The molecule has 9 nitrogen and oxygen atoms in total. The topological polar surface area (TPSA) is 113 Å². The van der Waals surface area contributed by atoms with Crippen molar-refractivity contribution in [2.24, 2.45) is 0 Å². The lowest BCUT2D eigenvalue weighted by Crippen LogP contribution is -2.62. The first-order chi connectivity index (χ1) is 13.0. The number of hydrogen-bond acceptors (Lipinski definition) is 6. The van der Waals surface area contributed by atoms with E-state index < -0.39 is 45.3 Å². The Morgan fingerprint density at radius 3 is 2.18 bits per heavy atom. The minimum absolute atomic E-state index is 0.209. The molecule has 2 aliphatic rings. The Hall–Kier alpha value is -2.46. The zero-order chi connectivity index (χ0) is 20.7. The Bertz CT molecular complexity index is 880. The van der Waals surface area contributed by atoms with Crippen molar-refractivity contribution in [1.29, 1.82) is 0 Å². The predicted octanol–water partition coefficient (Wildman–Crippen LogP) is 0.821. The molecule has 1 fully saturated rings. The molecule has 3 rings (SSSR count). The molecule has 28 heavy (non-hydrogen) atoms. The first kappa shape index (κ1) is 20.3. The van der Waals surface area contributed by atoms with Gasteiger partial charge in [-0.3, -0.25) is 14.5 Å². The van der Waals surface area contributed by atoms with Crippen LogP contribution < -0.4 is 4.72 Å². The Balaban J connectivity index is 1.49. The lowest BCUT2D eigenvalue weighted by molar-refractivity contribution is 0.00733. The highest BCUT2D eigenvalue weighted by Gasteiger charge is 2.38. The number of rotatable bonds is 5. The average molecular weight is 409 g/mol. The van der Waals surface area contributed by atoms with Crippen LogP contribution >= 0.6 is 0 Å². The van der Waals surface area contributed by atoms with Gasteiger partial charge in [-0.05, 0) is 32.9 Å². The van der Waals surface area contributed by atoms with Gasteiger partial charge in [0.25, 0.3) is 11.8 Å². The predicted molar refractivity (Wildman–Crippen MR) is 100 cm³/mol. The van der Waals surface area contributed by atoms with Crippen molar-refractivity contribution in [2.75, 3.05) is 25.4 Å². The summed E-state index contributed by atoms with van der Waals surface area (Å²) in [6.07, 6.45) is -0.492. The molecule has 0 aromatic heterocycles. The molecule has 0 spiro atoms. The maximum atomic E-state index is 12.3. The fourth-order valence-corrected chi connectivity index (χ4v) is 4.19. The van der Waals surface area contributed by atoms with Gasteiger partial charge < -0.3 is 9.64 Å². The van der Waals surface area contributed by atoms with Crippen molar-refractivity contribution in [2.45, 2.75) is 32.4 Å². The Labute approximate surface area is 163 Å². The number of benzene rings is 1. The summed E-state index contributed by atoms with van der Waals surface area (Å²) in [4.78, 5) is 38.8. The first-order valence-electron chi connectivity index (χ1n) is 8.90. The van der Waals surface area contributed by atoms with Gasteiger partial charge in [0.1, 0.15) is 5.60 Å². The van der Waals surface area contributed by atoms with Crippen LogP contribution in [0.3, 0.4) is 0 Å². The van der Waals surface area contributed by atoms with Gasteiger partial charge in [-0.25, -0.2) is 17.9 Å². The number of imide groups is 1. The third-order valence-corrected chi connectivity index (χ3v) is 5.75. The van der Waals surface area contributed by atoms with E-state index in [-0.39, 0.29) is 30.8 Å². The minimum Gasteiger partial charge on any atom is -0.444 e. The number of sulfonamides is 1. The number of amides is 3. The second kappa shape index (κ2) is 7.17. The van der Waals surface area contributed by atoms with Crippen LogP contribution in [0.15, 0.2) is 24.3 Å². The van der Waals surface area contributed by atoms with Crippen LogP contribution in [0.2, 0.25) is 0 Å². The number of ether oxygens (including phenoxy) is 1. The molecule has 3 amide bonds. The first-order valence-corrected chi connectivity index (χ1v) is 10.6. The third kappa shape index (κ3) is 4.33. The summed E-state index contributed by atoms with van der Waals surface area (Å²) < 4.78 is 32.3. The van der Waals surface area contributed by atoms with Crippen LogP contribution in [0, 0.1) is 0 Å². The summed E-state index contributed by atoms with van der Waals surface area (Å²) in [6.45, 7) is 5.45. The van der Waals surface area contributed by atoms with E-state index in [0.29, 0.717) is 0 Å². The van der Waals surface area contributed by atoms with E-state index in [1.165, 1.54) is 4.90 Å². The number of nitrogens with one attached hydrogen (secondary N) is 1. The third-order valence-electron chi connectivity index (χ3n) is 4.34. The van der Waals surface area contributed by atoms with E-state index in [0.717, 1.165) is 4.90 Å². The number of nitrogens with zero attached hydrogens (tertiary/aromatic N) is 2. The summed E-state index contributed by atoms with van der Waals surface area (Å²) in [5.74, 6) is -1.38. The average Bonchev–Trinajstić information content (AvgIpc) is 2.79. The normalized spacial score (nSPS) is 17.5. The Kier molecular flexibility index (Phi) is 5.20. The molecule has 1 N–H and O–H groups in total. The molecule has 2 heterocycles. The molecule has 152 valence electrons. The highest BCUT2D eigenvalue weighted by atomic mass is 32.2. The molecule has 10 heteroatoms. The molecule has 0 saturated carbocycles. The second-order valence-corrected chi connectivity index (χ2v) is 9.70. The number of hydrogen-bond donors (Lipinski definition) is 1. The minimum atomic E-state index is -3.72. The Morgan fingerprint density at radius 1 is 1.14 bits per heavy atom. The molecule has 0 unspecified atom stereocenters. The van der Waals surface area contributed by atoms with Crippen molar-refractivity contribution in [1.82, 2.24) is 14.5 Å². The van der Waals surface area contributed by atoms with Gasteiger partial charge in [-0.1, -0.05) is 12.1 Å². The van der Waals surface area contributed by atoms with E-state index in [1.54, 1.807) is 45.0 Å². The van der Waals surface area contributed by atoms with Crippen molar-refractivity contribution < 1.29 is 27.5 Å². The smallest absolute Gasteiger partial charge is 0.410 e. The summed E-state index contributed by atoms with van der Waals surface area (Å²) >= 11 is 0. The lowest BCUT2D eigenvalue weighted by Gasteiger charge is -2.39. The van der Waals surface area contributed by atoms with E-state index in [9.17, 15) is 22.8 Å². The van der Waals surface area contributed by atoms with E-state index in [2.05, 4.69) is 4.72 Å². The van der Waals surface area contributed by atoms with E-state index in [4.69, 9.17) is 4.74 Å². The SMILES string of the molecule is CC(C)(C)OC(=O)N1CC(NS(=O)(=O)CCN2C(=O)c3ccccc3C2=O)C1. The number of carbonyl (C=O) groups is 3. The van der Waals surface area contributed by atoms with Crippen LogP contribution in [-0.4, -0.2) is 73.2 Å². The molecular formula is C18H23N3O6S.